The van der Waals surface area contributed by atoms with E-state index in [0.717, 1.165) is 19.3 Å². The standard InChI is InChI=1S/C21H30N2O5S/c1-21(2,3)28-20(25)18-13-12-16-10-7-11-17(19(24)23(16)18)22-29(26,27)14-15-8-5-4-6-9-15/h4-6,8-9,16-18,22H,7,10-14H2,1-3H3/t16-,17-,18-/m0/s1. The minimum absolute atomic E-state index is 0.0383. The maximum Gasteiger partial charge on any atom is 0.329 e. The summed E-state index contributed by atoms with van der Waals surface area (Å²) in [6, 6.07) is 7.32. The first-order valence-electron chi connectivity index (χ1n) is 10.1. The van der Waals surface area contributed by atoms with Gasteiger partial charge in [-0.25, -0.2) is 17.9 Å². The van der Waals surface area contributed by atoms with Crippen molar-refractivity contribution in [1.29, 1.82) is 0 Å². The first-order chi connectivity index (χ1) is 13.6. The molecule has 2 aliphatic heterocycles. The molecule has 29 heavy (non-hydrogen) atoms. The molecule has 8 heteroatoms. The number of esters is 1. The Labute approximate surface area is 172 Å². The highest BCUT2D eigenvalue weighted by Crippen LogP contribution is 2.33. The lowest BCUT2D eigenvalue weighted by molar-refractivity contribution is -0.164. The Morgan fingerprint density at radius 1 is 1.14 bits per heavy atom. The Balaban J connectivity index is 1.74. The van der Waals surface area contributed by atoms with Crippen molar-refractivity contribution in [2.45, 2.75) is 82.4 Å². The molecule has 160 valence electrons. The SMILES string of the molecule is CC(C)(C)OC(=O)[C@@H]1CC[C@@H]2CCC[C@H](NS(=O)(=O)Cc3ccccc3)C(=O)N21. The molecular weight excluding hydrogens is 392 g/mol. The van der Waals surface area contributed by atoms with Crippen LogP contribution in [0.15, 0.2) is 30.3 Å². The Bertz CT molecular complexity index is 848. The van der Waals surface area contributed by atoms with Gasteiger partial charge in [-0.2, -0.15) is 0 Å². The minimum atomic E-state index is -3.69. The van der Waals surface area contributed by atoms with E-state index in [4.69, 9.17) is 4.74 Å². The van der Waals surface area contributed by atoms with Crippen molar-refractivity contribution in [1.82, 2.24) is 9.62 Å². The number of sulfonamides is 1. The van der Waals surface area contributed by atoms with Gasteiger partial charge in [0.2, 0.25) is 15.9 Å². The number of rotatable bonds is 5. The highest BCUT2D eigenvalue weighted by atomic mass is 32.2. The van der Waals surface area contributed by atoms with Crippen LogP contribution in [-0.4, -0.2) is 48.9 Å². The highest BCUT2D eigenvalue weighted by molar-refractivity contribution is 7.88. The van der Waals surface area contributed by atoms with Gasteiger partial charge in [0.15, 0.2) is 0 Å². The van der Waals surface area contributed by atoms with Crippen LogP contribution in [0.2, 0.25) is 0 Å². The van der Waals surface area contributed by atoms with Crippen LogP contribution < -0.4 is 4.72 Å². The zero-order valence-electron chi connectivity index (χ0n) is 17.3. The lowest BCUT2D eigenvalue weighted by Gasteiger charge is -2.31. The zero-order chi connectivity index (χ0) is 21.2. The van der Waals surface area contributed by atoms with E-state index in [2.05, 4.69) is 4.72 Å². The molecule has 1 N–H and O–H groups in total. The van der Waals surface area contributed by atoms with Crippen LogP contribution in [0.3, 0.4) is 0 Å². The lowest BCUT2D eigenvalue weighted by Crippen LogP contribution is -2.53. The third kappa shape index (κ3) is 5.57. The number of carbonyl (C=O) groups is 2. The summed E-state index contributed by atoms with van der Waals surface area (Å²) in [6.07, 6.45) is 3.21. The lowest BCUT2D eigenvalue weighted by atomic mass is 10.1. The molecule has 0 spiro atoms. The summed E-state index contributed by atoms with van der Waals surface area (Å²) in [5.41, 5.74) is 0.0209. The Hall–Kier alpha value is -1.93. The molecule has 0 saturated carbocycles. The van der Waals surface area contributed by atoms with Gasteiger partial charge in [0, 0.05) is 6.04 Å². The van der Waals surface area contributed by atoms with E-state index in [1.165, 1.54) is 0 Å². The van der Waals surface area contributed by atoms with Gasteiger partial charge in [0.25, 0.3) is 0 Å². The minimum Gasteiger partial charge on any atom is -0.458 e. The van der Waals surface area contributed by atoms with Crippen molar-refractivity contribution >= 4 is 21.9 Å². The van der Waals surface area contributed by atoms with Crippen LogP contribution in [-0.2, 0) is 30.1 Å². The fraction of sp³-hybridized carbons (Fsp3) is 0.619. The third-order valence-electron chi connectivity index (χ3n) is 5.29. The van der Waals surface area contributed by atoms with Gasteiger partial charge in [-0.1, -0.05) is 30.3 Å². The van der Waals surface area contributed by atoms with E-state index in [9.17, 15) is 18.0 Å². The number of nitrogens with one attached hydrogen (secondary N) is 1. The van der Waals surface area contributed by atoms with E-state index >= 15 is 0 Å². The van der Waals surface area contributed by atoms with Crippen molar-refractivity contribution in [2.75, 3.05) is 0 Å². The maximum absolute atomic E-state index is 13.2. The summed E-state index contributed by atoms with van der Waals surface area (Å²) in [5.74, 6) is -0.921. The van der Waals surface area contributed by atoms with Gasteiger partial charge in [0.1, 0.15) is 17.7 Å². The van der Waals surface area contributed by atoms with Crippen molar-refractivity contribution in [3.8, 4) is 0 Å². The second-order valence-electron chi connectivity index (χ2n) is 8.87. The Morgan fingerprint density at radius 3 is 2.48 bits per heavy atom. The molecule has 0 unspecified atom stereocenters. The predicted molar refractivity (Wildman–Crippen MR) is 109 cm³/mol. The molecule has 3 rings (SSSR count). The second kappa shape index (κ2) is 8.44. The van der Waals surface area contributed by atoms with Crippen molar-refractivity contribution in [3.05, 3.63) is 35.9 Å². The molecule has 0 radical (unpaired) electrons. The maximum atomic E-state index is 13.2. The van der Waals surface area contributed by atoms with E-state index in [0.29, 0.717) is 18.4 Å². The highest BCUT2D eigenvalue weighted by Gasteiger charge is 2.46. The molecule has 2 fully saturated rings. The molecule has 0 bridgehead atoms. The average Bonchev–Trinajstić information content (AvgIpc) is 2.97. The summed E-state index contributed by atoms with van der Waals surface area (Å²) in [7, 11) is -3.69. The summed E-state index contributed by atoms with van der Waals surface area (Å²) in [4.78, 5) is 27.5. The largest absolute Gasteiger partial charge is 0.458 e. The number of ether oxygens (including phenoxy) is 1. The van der Waals surface area contributed by atoms with Gasteiger partial charge in [-0.05, 0) is 58.4 Å². The molecule has 0 aromatic heterocycles. The van der Waals surface area contributed by atoms with Gasteiger partial charge >= 0.3 is 5.97 Å². The average molecular weight is 423 g/mol. The number of hydrogen-bond acceptors (Lipinski definition) is 5. The topological polar surface area (TPSA) is 92.8 Å². The number of carbonyl (C=O) groups excluding carboxylic acids is 2. The van der Waals surface area contributed by atoms with E-state index in [-0.39, 0.29) is 17.7 Å². The first kappa shape index (κ1) is 21.8. The number of amides is 1. The van der Waals surface area contributed by atoms with Crippen LogP contribution in [0, 0.1) is 0 Å². The second-order valence-corrected chi connectivity index (χ2v) is 10.6. The first-order valence-corrected chi connectivity index (χ1v) is 11.8. The van der Waals surface area contributed by atoms with Crippen LogP contribution >= 0.6 is 0 Å². The molecule has 3 atom stereocenters. The number of benzene rings is 1. The van der Waals surface area contributed by atoms with Crippen LogP contribution in [0.1, 0.15) is 58.4 Å². The van der Waals surface area contributed by atoms with Crippen LogP contribution in [0.25, 0.3) is 0 Å². The van der Waals surface area contributed by atoms with Gasteiger partial charge in [0.05, 0.1) is 5.75 Å². The number of nitrogens with zero attached hydrogens (tertiary/aromatic N) is 1. The molecule has 7 nitrogen and oxygen atoms in total. The predicted octanol–water partition coefficient (Wildman–Crippen LogP) is 2.36. The van der Waals surface area contributed by atoms with E-state index in [1.807, 2.05) is 6.07 Å². The van der Waals surface area contributed by atoms with Crippen molar-refractivity contribution in [2.24, 2.45) is 0 Å². The molecule has 1 amide bonds. The van der Waals surface area contributed by atoms with Gasteiger partial charge in [-0.3, -0.25) is 4.79 Å². The quantitative estimate of drug-likeness (QED) is 0.736. The van der Waals surface area contributed by atoms with E-state index in [1.54, 1.807) is 49.9 Å². The smallest absolute Gasteiger partial charge is 0.329 e. The monoisotopic (exact) mass is 422 g/mol. The third-order valence-corrected chi connectivity index (χ3v) is 6.64. The molecule has 1 aromatic rings. The zero-order valence-corrected chi connectivity index (χ0v) is 18.1. The molecule has 2 heterocycles. The number of fused-ring (bicyclic) bond motifs is 1. The van der Waals surface area contributed by atoms with Gasteiger partial charge < -0.3 is 9.64 Å². The molecular formula is C21H30N2O5S. The fourth-order valence-electron chi connectivity index (χ4n) is 4.12. The molecule has 2 aliphatic rings. The summed E-state index contributed by atoms with van der Waals surface area (Å²) in [5, 5.41) is 0. The summed E-state index contributed by atoms with van der Waals surface area (Å²) >= 11 is 0. The van der Waals surface area contributed by atoms with Gasteiger partial charge in [-0.15, -0.1) is 0 Å². The van der Waals surface area contributed by atoms with E-state index < -0.39 is 33.7 Å². The normalized spacial score (nSPS) is 25.4. The number of hydrogen-bond donors (Lipinski definition) is 1. The molecule has 1 aromatic carbocycles. The van der Waals surface area contributed by atoms with Crippen molar-refractivity contribution < 1.29 is 22.7 Å². The van der Waals surface area contributed by atoms with Crippen LogP contribution in [0.4, 0.5) is 0 Å². The van der Waals surface area contributed by atoms with Crippen molar-refractivity contribution in [3.63, 3.8) is 0 Å². The molecule has 0 aliphatic carbocycles. The Morgan fingerprint density at radius 2 is 1.83 bits per heavy atom. The van der Waals surface area contributed by atoms with Crippen LogP contribution in [0.5, 0.6) is 0 Å². The summed E-state index contributed by atoms with van der Waals surface area (Å²) < 4.78 is 33.4. The summed E-state index contributed by atoms with van der Waals surface area (Å²) in [6.45, 7) is 5.38. The Kier molecular flexibility index (Phi) is 6.33. The fourth-order valence-corrected chi connectivity index (χ4v) is 5.49. The molecule has 2 saturated heterocycles.